The van der Waals surface area contributed by atoms with Gasteiger partial charge in [-0.05, 0) is 92.5 Å². The molecule has 0 radical (unpaired) electrons. The molecule has 2 heterocycles. The third kappa shape index (κ3) is 9.50. The second-order valence-electron chi connectivity index (χ2n) is 20.4. The van der Waals surface area contributed by atoms with E-state index in [2.05, 4.69) is 183 Å². The van der Waals surface area contributed by atoms with Crippen LogP contribution in [0, 0.1) is 30.9 Å². The van der Waals surface area contributed by atoms with E-state index in [1.807, 2.05) is 56.3 Å². The number of thiophene rings is 1. The van der Waals surface area contributed by atoms with Crippen LogP contribution in [0.3, 0.4) is 0 Å². The Bertz CT molecular complexity index is 3670. The van der Waals surface area contributed by atoms with Gasteiger partial charge in [0.25, 0.3) is 0 Å². The summed E-state index contributed by atoms with van der Waals surface area (Å²) in [7, 11) is 0. The van der Waals surface area contributed by atoms with Crippen molar-refractivity contribution in [2.75, 3.05) is 0 Å². The van der Waals surface area contributed by atoms with Gasteiger partial charge in [-0.1, -0.05) is 111 Å². The Hall–Kier alpha value is -5.95. The van der Waals surface area contributed by atoms with Gasteiger partial charge in [0.2, 0.25) is 0 Å². The average Bonchev–Trinajstić information content (AvgIpc) is 3.92. The summed E-state index contributed by atoms with van der Waals surface area (Å²) in [5.41, 5.74) is 13.9. The van der Waals surface area contributed by atoms with Gasteiger partial charge in [-0.15, -0.1) is 18.2 Å². The van der Waals surface area contributed by atoms with E-state index in [0.717, 1.165) is 82.5 Å². The summed E-state index contributed by atoms with van der Waals surface area (Å²) in [6.07, 6.45) is 0. The second-order valence-corrected chi connectivity index (χ2v) is 32.0. The molecule has 0 saturated heterocycles. The molecular weight excluding hydrogens is 1110 g/mol. The number of halogens is 1. The van der Waals surface area contributed by atoms with E-state index < -0.39 is 19.2 Å². The number of benzene rings is 9. The summed E-state index contributed by atoms with van der Waals surface area (Å²) in [4.78, 5) is 5.51. The van der Waals surface area contributed by atoms with E-state index >= 15 is 0 Å². The fraction of sp³-hybridized carbons (Fsp3) is 0.172. The number of nitrogens with zero attached hydrogens (tertiary/aromatic N) is 2. The van der Waals surface area contributed by atoms with Gasteiger partial charge in [0.15, 0.2) is 0 Å². The standard InChI is InChI=1S/C46H34FN2S.C18H22Ge.Ir/c1-28-18-21-35-36-16-11-17-37(44(36)50-41(35)24-28)45-48-42-34-22-20-33(47)25-31(34)19-23-40(42)49(45)43-38(29-12-7-5-8-13-29)26-32(46(2,3)4)27-39(43)30-14-9-6-10-15-30;1-14(2)17-13-16(15-9-7-6-8-10-15)11-12-18(17)19(3,4)5;/h5-16,18-27H,1-4H3;6-9,12-14H,1-5H3;/q-1;-2;+3/i;14D;. The van der Waals surface area contributed by atoms with Gasteiger partial charge in [0.1, 0.15) is 5.82 Å². The predicted octanol–water partition coefficient (Wildman–Crippen LogP) is 17.7. The molecule has 0 bridgehead atoms. The van der Waals surface area contributed by atoms with Crippen LogP contribution in [-0.4, -0.2) is 22.8 Å². The van der Waals surface area contributed by atoms with E-state index in [9.17, 15) is 4.39 Å². The van der Waals surface area contributed by atoms with Crippen molar-refractivity contribution >= 4 is 71.0 Å². The molecule has 0 atom stereocenters. The molecule has 2 aromatic heterocycles. The minimum atomic E-state index is -1.99. The first-order valence-corrected chi connectivity index (χ1v) is 31.9. The van der Waals surface area contributed by atoms with Crippen molar-refractivity contribution in [3.05, 3.63) is 211 Å². The van der Waals surface area contributed by atoms with Crippen molar-refractivity contribution < 1.29 is 25.9 Å². The fourth-order valence-corrected chi connectivity index (χ4v) is 14.2. The van der Waals surface area contributed by atoms with E-state index in [1.54, 1.807) is 17.4 Å². The summed E-state index contributed by atoms with van der Waals surface area (Å²) in [5, 5.41) is 4.16. The van der Waals surface area contributed by atoms with Gasteiger partial charge in [-0.2, -0.15) is 11.3 Å². The van der Waals surface area contributed by atoms with Crippen LogP contribution >= 0.6 is 11.3 Å². The van der Waals surface area contributed by atoms with Crippen molar-refractivity contribution in [3.8, 4) is 50.5 Å². The van der Waals surface area contributed by atoms with E-state index in [-0.39, 0.29) is 31.3 Å². The molecule has 0 amide bonds. The topological polar surface area (TPSA) is 17.8 Å². The zero-order valence-corrected chi connectivity index (χ0v) is 46.5. The first-order chi connectivity index (χ1) is 33.4. The Labute approximate surface area is 434 Å². The molecule has 348 valence electrons. The Morgan fingerprint density at radius 2 is 1.36 bits per heavy atom. The second kappa shape index (κ2) is 19.7. The van der Waals surface area contributed by atoms with Crippen LogP contribution in [0.25, 0.3) is 92.4 Å². The third-order valence-corrected chi connectivity index (χ3v) is 18.5. The molecule has 11 rings (SSSR count). The van der Waals surface area contributed by atoms with Crippen molar-refractivity contribution in [2.24, 2.45) is 0 Å². The fourth-order valence-electron chi connectivity index (χ4n) is 9.48. The third-order valence-electron chi connectivity index (χ3n) is 13.1. The molecule has 0 N–H and O–H groups in total. The number of hydrogen-bond donors (Lipinski definition) is 0. The van der Waals surface area contributed by atoms with Crippen LogP contribution in [0.2, 0.25) is 17.3 Å². The quantitative estimate of drug-likeness (QED) is 0.115. The molecule has 0 fully saturated rings. The Kier molecular flexibility index (Phi) is 13.4. The van der Waals surface area contributed by atoms with Crippen LogP contribution < -0.4 is 4.40 Å². The summed E-state index contributed by atoms with van der Waals surface area (Å²) in [6, 6.07) is 68.5. The molecule has 0 aliphatic rings. The smallest absolute Gasteiger partial charge is 3.00 e. The minimum absolute atomic E-state index is 0. The number of hydrogen-bond acceptors (Lipinski definition) is 2. The molecule has 0 aliphatic carbocycles. The maximum atomic E-state index is 14.5. The SMILES string of the molecule is Cc1ccc2c(c1)sc1c(-c3nc4c5ccc(F)cc5ccc4n3-c3c(-c4ccccc4)cc(C(C)(C)C)cc3-c3ccccc3)[c-]ccc12.[2H]C(C)(C)c1cc(-c2[c-]cccc2)[c-]c[c]1[Ge]([CH3])([CH3])[CH3].[Ir+3]. The zero-order valence-electron chi connectivity index (χ0n) is 42.2. The molecule has 0 aliphatic heterocycles. The summed E-state index contributed by atoms with van der Waals surface area (Å²) >= 11 is -0.205. The van der Waals surface area contributed by atoms with Crippen LogP contribution in [0.15, 0.2) is 170 Å². The maximum absolute atomic E-state index is 14.5. The molecule has 70 heavy (non-hydrogen) atoms. The predicted molar refractivity (Wildman–Crippen MR) is 297 cm³/mol. The van der Waals surface area contributed by atoms with E-state index in [1.165, 1.54) is 37.1 Å². The summed E-state index contributed by atoms with van der Waals surface area (Å²) in [6.45, 7) is 12.9. The molecule has 0 saturated carbocycles. The van der Waals surface area contributed by atoms with Gasteiger partial charge < -0.3 is 4.57 Å². The van der Waals surface area contributed by atoms with Crippen LogP contribution in [0.1, 0.15) is 58.6 Å². The first-order valence-electron chi connectivity index (χ1n) is 24.2. The molecule has 0 spiro atoms. The van der Waals surface area contributed by atoms with Gasteiger partial charge in [0, 0.05) is 21.2 Å². The van der Waals surface area contributed by atoms with Gasteiger partial charge in [-0.25, -0.2) is 4.39 Å². The van der Waals surface area contributed by atoms with Crippen LogP contribution in [-0.2, 0) is 25.5 Å². The van der Waals surface area contributed by atoms with E-state index in [4.69, 9.17) is 6.35 Å². The van der Waals surface area contributed by atoms with Gasteiger partial charge in [0.05, 0.1) is 22.5 Å². The van der Waals surface area contributed by atoms with Crippen molar-refractivity contribution in [1.29, 1.82) is 0 Å². The zero-order chi connectivity index (χ0) is 49.1. The van der Waals surface area contributed by atoms with Crippen LogP contribution in [0.4, 0.5) is 4.39 Å². The van der Waals surface area contributed by atoms with Crippen molar-refractivity contribution in [1.82, 2.24) is 9.55 Å². The number of imidazole rings is 1. The Balaban J connectivity index is 0.000000251. The molecule has 0 unspecified atom stereocenters. The molecule has 2 nitrogen and oxygen atoms in total. The van der Waals surface area contributed by atoms with Crippen molar-refractivity contribution in [3.63, 3.8) is 0 Å². The number of aromatic nitrogens is 2. The van der Waals surface area contributed by atoms with Gasteiger partial charge >= 0.3 is 141 Å². The minimum Gasteiger partial charge on any atom is 3.00 e. The van der Waals surface area contributed by atoms with Gasteiger partial charge in [-0.3, -0.25) is 4.98 Å². The molecule has 9 aromatic carbocycles. The summed E-state index contributed by atoms with van der Waals surface area (Å²) in [5.74, 6) is 7.08. The Morgan fingerprint density at radius 3 is 1.99 bits per heavy atom. The normalized spacial score (nSPS) is 12.2. The average molecular weight is 1170 g/mol. The molecule has 11 aromatic rings. The Morgan fingerprint density at radius 1 is 0.686 bits per heavy atom. The number of fused-ring (bicyclic) bond motifs is 6. The number of aryl methyl sites for hydroxylation is 1. The molecule has 6 heteroatoms. The van der Waals surface area contributed by atoms with Crippen molar-refractivity contribution in [2.45, 2.75) is 70.1 Å². The van der Waals surface area contributed by atoms with Crippen LogP contribution in [0.5, 0.6) is 0 Å². The largest absolute Gasteiger partial charge is 3.00 e. The van der Waals surface area contributed by atoms with E-state index in [0.29, 0.717) is 0 Å². The maximum Gasteiger partial charge on any atom is 3.00 e. The monoisotopic (exact) mass is 1170 g/mol. The molecular formula is C64H56FGeIrN2S. The first kappa shape index (κ1) is 47.7. The summed E-state index contributed by atoms with van der Waals surface area (Å²) < 4.78 is 29.1. The number of rotatable bonds is 7.